The van der Waals surface area contributed by atoms with Gasteiger partial charge in [-0.1, -0.05) is 42.5 Å². The van der Waals surface area contributed by atoms with Crippen molar-refractivity contribution in [2.24, 2.45) is 4.99 Å². The highest BCUT2D eigenvalue weighted by atomic mass is 16.2. The first-order valence-corrected chi connectivity index (χ1v) is 11.0. The third kappa shape index (κ3) is 4.95. The van der Waals surface area contributed by atoms with Crippen molar-refractivity contribution in [1.29, 1.82) is 0 Å². The van der Waals surface area contributed by atoms with Gasteiger partial charge in [0.15, 0.2) is 5.96 Å². The van der Waals surface area contributed by atoms with Crippen LogP contribution in [0, 0.1) is 0 Å². The van der Waals surface area contributed by atoms with Crippen LogP contribution in [-0.4, -0.2) is 64.7 Å². The molecule has 2 heterocycles. The number of aliphatic imine (C=N–C) groups is 1. The summed E-state index contributed by atoms with van der Waals surface area (Å²) < 4.78 is 0. The second-order valence-electron chi connectivity index (χ2n) is 7.95. The van der Waals surface area contributed by atoms with Crippen LogP contribution in [0.25, 0.3) is 11.3 Å². The molecule has 2 aromatic carbocycles. The van der Waals surface area contributed by atoms with Crippen molar-refractivity contribution in [2.75, 3.05) is 27.2 Å². The fourth-order valence-corrected chi connectivity index (χ4v) is 3.93. The molecule has 0 aliphatic carbocycles. The Bertz CT molecular complexity index is 1120. The van der Waals surface area contributed by atoms with Crippen LogP contribution < -0.4 is 5.32 Å². The second kappa shape index (κ2) is 10.1. The number of amides is 2. The number of imidazole rings is 1. The largest absolute Gasteiger partial charge is 0.356 e. The number of guanidine groups is 1. The van der Waals surface area contributed by atoms with Crippen LogP contribution in [0.4, 0.5) is 0 Å². The Morgan fingerprint density at radius 2 is 1.70 bits per heavy atom. The van der Waals surface area contributed by atoms with Crippen molar-refractivity contribution >= 4 is 17.8 Å². The Morgan fingerprint density at radius 3 is 2.36 bits per heavy atom. The quantitative estimate of drug-likeness (QED) is 0.241. The Balaban J connectivity index is 1.22. The van der Waals surface area contributed by atoms with Gasteiger partial charge in [0.05, 0.1) is 29.6 Å². The Kier molecular flexibility index (Phi) is 6.83. The number of hydrogen-bond donors (Lipinski definition) is 2. The number of imide groups is 1. The standard InChI is InChI=1S/C25H28N6O2/c1-26-25(30(2)17-22-28-16-21(29-22)18-10-4-3-5-11-18)27-14-8-9-15-31-23(32)19-12-6-7-13-20(19)24(31)33/h3-7,10-13,16H,8-9,14-15,17H2,1-2H3,(H,26,27)(H,28,29). The lowest BCUT2D eigenvalue weighted by Gasteiger charge is -2.21. The zero-order valence-electron chi connectivity index (χ0n) is 18.9. The lowest BCUT2D eigenvalue weighted by molar-refractivity contribution is 0.0652. The SMILES string of the molecule is CN=C(NCCCCN1C(=O)c2ccccc2C1=O)N(C)Cc1ncc(-c2ccccc2)[nH]1. The van der Waals surface area contributed by atoms with Gasteiger partial charge in [-0.05, 0) is 30.5 Å². The number of hydrogen-bond acceptors (Lipinski definition) is 4. The molecule has 1 aliphatic heterocycles. The molecule has 0 fully saturated rings. The van der Waals surface area contributed by atoms with Crippen LogP contribution in [0.2, 0.25) is 0 Å². The van der Waals surface area contributed by atoms with Crippen LogP contribution in [0.15, 0.2) is 65.8 Å². The van der Waals surface area contributed by atoms with E-state index in [1.807, 2.05) is 48.5 Å². The molecule has 3 aromatic rings. The fraction of sp³-hybridized carbons (Fsp3) is 0.280. The molecule has 0 atom stereocenters. The number of aromatic nitrogens is 2. The topological polar surface area (TPSA) is 93.7 Å². The van der Waals surface area contributed by atoms with E-state index in [9.17, 15) is 9.59 Å². The Morgan fingerprint density at radius 1 is 1.03 bits per heavy atom. The number of fused-ring (bicyclic) bond motifs is 1. The number of H-pyrrole nitrogens is 1. The van der Waals surface area contributed by atoms with Gasteiger partial charge in [-0.25, -0.2) is 4.98 Å². The van der Waals surface area contributed by atoms with Crippen LogP contribution in [0.1, 0.15) is 39.4 Å². The van der Waals surface area contributed by atoms with Crippen molar-refractivity contribution in [2.45, 2.75) is 19.4 Å². The van der Waals surface area contributed by atoms with Gasteiger partial charge in [-0.15, -0.1) is 0 Å². The molecule has 8 heteroatoms. The number of aromatic amines is 1. The van der Waals surface area contributed by atoms with E-state index in [4.69, 9.17) is 0 Å². The minimum absolute atomic E-state index is 0.201. The monoisotopic (exact) mass is 444 g/mol. The summed E-state index contributed by atoms with van der Waals surface area (Å²) in [6.07, 6.45) is 3.37. The molecule has 0 bridgehead atoms. The van der Waals surface area contributed by atoms with E-state index in [0.717, 1.165) is 35.9 Å². The van der Waals surface area contributed by atoms with Crippen molar-refractivity contribution < 1.29 is 9.59 Å². The van der Waals surface area contributed by atoms with Crippen molar-refractivity contribution in [3.8, 4) is 11.3 Å². The summed E-state index contributed by atoms with van der Waals surface area (Å²) in [6.45, 7) is 1.69. The first kappa shape index (κ1) is 22.3. The van der Waals surface area contributed by atoms with Gasteiger partial charge < -0.3 is 15.2 Å². The molecule has 1 aromatic heterocycles. The molecule has 170 valence electrons. The summed E-state index contributed by atoms with van der Waals surface area (Å²) >= 11 is 0. The zero-order valence-corrected chi connectivity index (χ0v) is 18.9. The van der Waals surface area contributed by atoms with Crippen LogP contribution >= 0.6 is 0 Å². The van der Waals surface area contributed by atoms with Crippen LogP contribution in [-0.2, 0) is 6.54 Å². The number of rotatable bonds is 8. The van der Waals surface area contributed by atoms with Crippen molar-refractivity contribution in [3.63, 3.8) is 0 Å². The summed E-state index contributed by atoms with van der Waals surface area (Å²) in [7, 11) is 3.70. The number of nitrogens with zero attached hydrogens (tertiary/aromatic N) is 4. The van der Waals surface area contributed by atoms with Gasteiger partial charge in [-0.3, -0.25) is 19.5 Å². The lowest BCUT2D eigenvalue weighted by Crippen LogP contribution is -2.39. The predicted octanol–water partition coefficient (Wildman–Crippen LogP) is 3.16. The molecule has 0 saturated carbocycles. The van der Waals surface area contributed by atoms with E-state index in [1.54, 1.807) is 31.3 Å². The minimum atomic E-state index is -0.201. The minimum Gasteiger partial charge on any atom is -0.356 e. The summed E-state index contributed by atoms with van der Waals surface area (Å²) in [5.74, 6) is 1.21. The molecule has 2 N–H and O–H groups in total. The fourth-order valence-electron chi connectivity index (χ4n) is 3.93. The second-order valence-corrected chi connectivity index (χ2v) is 7.95. The van der Waals surface area contributed by atoms with E-state index in [2.05, 4.69) is 20.3 Å². The van der Waals surface area contributed by atoms with Crippen molar-refractivity contribution in [1.82, 2.24) is 25.1 Å². The first-order valence-electron chi connectivity index (χ1n) is 11.0. The average Bonchev–Trinajstić information content (AvgIpc) is 3.40. The molecule has 8 nitrogen and oxygen atoms in total. The molecular formula is C25H28N6O2. The summed E-state index contributed by atoms with van der Waals surface area (Å²) in [4.78, 5) is 40.4. The molecular weight excluding hydrogens is 416 g/mol. The number of unbranched alkanes of at least 4 members (excludes halogenated alkanes) is 1. The number of nitrogens with one attached hydrogen (secondary N) is 2. The summed E-state index contributed by atoms with van der Waals surface area (Å²) in [6, 6.07) is 17.1. The highest BCUT2D eigenvalue weighted by molar-refractivity contribution is 6.21. The number of carbonyl (C=O) groups is 2. The van der Waals surface area contributed by atoms with Gasteiger partial charge in [-0.2, -0.15) is 0 Å². The lowest BCUT2D eigenvalue weighted by atomic mass is 10.1. The molecule has 0 unspecified atom stereocenters. The summed E-state index contributed by atoms with van der Waals surface area (Å²) in [5, 5.41) is 3.34. The van der Waals surface area contributed by atoms with Crippen molar-refractivity contribution in [3.05, 3.63) is 77.7 Å². The molecule has 0 radical (unpaired) electrons. The molecule has 1 aliphatic rings. The summed E-state index contributed by atoms with van der Waals surface area (Å²) in [5.41, 5.74) is 3.07. The maximum atomic E-state index is 12.4. The molecule has 0 spiro atoms. The molecule has 4 rings (SSSR count). The zero-order chi connectivity index (χ0) is 23.2. The third-order valence-electron chi connectivity index (χ3n) is 5.64. The van der Waals surface area contributed by atoms with E-state index >= 15 is 0 Å². The highest BCUT2D eigenvalue weighted by Crippen LogP contribution is 2.22. The van der Waals surface area contributed by atoms with Gasteiger partial charge in [0.2, 0.25) is 0 Å². The maximum absolute atomic E-state index is 12.4. The number of carbonyl (C=O) groups excluding carboxylic acids is 2. The van der Waals surface area contributed by atoms with Gasteiger partial charge in [0.25, 0.3) is 11.8 Å². The van der Waals surface area contributed by atoms with E-state index in [-0.39, 0.29) is 11.8 Å². The Hall–Kier alpha value is -3.94. The van der Waals surface area contributed by atoms with Gasteiger partial charge in [0, 0.05) is 27.2 Å². The average molecular weight is 445 g/mol. The van der Waals surface area contributed by atoms with Crippen LogP contribution in [0.3, 0.4) is 0 Å². The smallest absolute Gasteiger partial charge is 0.261 e. The number of benzene rings is 2. The van der Waals surface area contributed by atoms with E-state index in [1.165, 1.54) is 4.90 Å². The first-order chi connectivity index (χ1) is 16.1. The Labute approximate surface area is 193 Å². The van der Waals surface area contributed by atoms with E-state index < -0.39 is 0 Å². The molecule has 2 amide bonds. The maximum Gasteiger partial charge on any atom is 0.261 e. The van der Waals surface area contributed by atoms with Gasteiger partial charge in [0.1, 0.15) is 5.82 Å². The predicted molar refractivity (Wildman–Crippen MR) is 128 cm³/mol. The van der Waals surface area contributed by atoms with Gasteiger partial charge >= 0.3 is 0 Å². The van der Waals surface area contributed by atoms with E-state index in [0.29, 0.717) is 30.8 Å². The molecule has 0 saturated heterocycles. The third-order valence-corrected chi connectivity index (χ3v) is 5.64. The highest BCUT2D eigenvalue weighted by Gasteiger charge is 2.34. The van der Waals surface area contributed by atoms with Crippen LogP contribution in [0.5, 0.6) is 0 Å². The normalized spacial score (nSPS) is 13.4. The molecule has 33 heavy (non-hydrogen) atoms.